The number of rotatable bonds is 19. The first-order chi connectivity index (χ1) is 26.2. The van der Waals surface area contributed by atoms with E-state index >= 15 is 0 Å². The van der Waals surface area contributed by atoms with E-state index in [0.717, 1.165) is 31.6 Å². The highest BCUT2D eigenvalue weighted by molar-refractivity contribution is 7.88. The number of hydrogen-bond acceptors (Lipinski definition) is 10. The third-order valence-corrected chi connectivity index (χ3v) is 9.83. The molecule has 0 radical (unpaired) electrons. The third kappa shape index (κ3) is 12.1. The zero-order valence-corrected chi connectivity index (χ0v) is 32.4. The van der Waals surface area contributed by atoms with Crippen LogP contribution in [-0.2, 0) is 40.3 Å². The Morgan fingerprint density at radius 2 is 1.69 bits per heavy atom. The predicted octanol–water partition coefficient (Wildman–Crippen LogP) is 4.91. The fraction of sp³-hybridized carbons (Fsp3) is 0.439. The second kappa shape index (κ2) is 19.7. The molecule has 3 N–H and O–H groups in total. The topological polar surface area (TPSA) is 169 Å². The molecule has 3 atom stereocenters. The Kier molecular flexibility index (Phi) is 15.4. The van der Waals surface area contributed by atoms with Crippen LogP contribution in [0.2, 0.25) is 0 Å². The van der Waals surface area contributed by atoms with Crippen molar-refractivity contribution in [1.29, 1.82) is 0 Å². The molecule has 12 nitrogen and oxygen atoms in total. The fourth-order valence-corrected chi connectivity index (χ4v) is 6.85. The van der Waals surface area contributed by atoms with Gasteiger partial charge in [-0.1, -0.05) is 49.6 Å². The Hall–Kier alpha value is -4.81. The Labute approximate surface area is 322 Å². The van der Waals surface area contributed by atoms with Gasteiger partial charge in [0.2, 0.25) is 21.5 Å². The lowest BCUT2D eigenvalue weighted by atomic mass is 9.77. The minimum atomic E-state index is -3.29. The van der Waals surface area contributed by atoms with Gasteiger partial charge in [0.1, 0.15) is 17.7 Å². The molecule has 1 aliphatic rings. The van der Waals surface area contributed by atoms with E-state index in [9.17, 15) is 37.4 Å². The molecule has 1 amide bonds. The molecule has 0 aromatic heterocycles. The van der Waals surface area contributed by atoms with Gasteiger partial charge in [-0.25, -0.2) is 17.5 Å². The van der Waals surface area contributed by atoms with Crippen LogP contribution in [0.4, 0.5) is 10.1 Å². The number of β-lactam (4-membered cyclic amide) rings is 1. The number of esters is 2. The Morgan fingerprint density at radius 3 is 2.29 bits per heavy atom. The number of ether oxygens (including phenoxy) is 3. The molecule has 55 heavy (non-hydrogen) atoms. The minimum Gasteiger partial charge on any atom is -0.493 e. The number of carbonyl (C=O) groups excluding carboxylic acids is 3. The van der Waals surface area contributed by atoms with E-state index < -0.39 is 64.7 Å². The van der Waals surface area contributed by atoms with E-state index in [1.807, 2.05) is 31.2 Å². The van der Waals surface area contributed by atoms with E-state index in [1.165, 1.54) is 19.1 Å². The zero-order chi connectivity index (χ0) is 40.2. The van der Waals surface area contributed by atoms with Gasteiger partial charge in [0.15, 0.2) is 0 Å². The maximum atomic E-state index is 14.1. The number of benzene rings is 3. The van der Waals surface area contributed by atoms with Crippen LogP contribution in [0.15, 0.2) is 66.7 Å². The molecular weight excluding hydrogens is 732 g/mol. The summed E-state index contributed by atoms with van der Waals surface area (Å²) in [5.74, 6) is 3.65. The molecule has 0 saturated carbocycles. The lowest BCUT2D eigenvalue weighted by molar-refractivity contribution is -0.158. The summed E-state index contributed by atoms with van der Waals surface area (Å²) in [4.78, 5) is 39.6. The molecule has 3 aromatic rings. The van der Waals surface area contributed by atoms with Crippen molar-refractivity contribution in [2.75, 3.05) is 37.5 Å². The van der Waals surface area contributed by atoms with E-state index in [-0.39, 0.29) is 12.3 Å². The van der Waals surface area contributed by atoms with Crippen LogP contribution in [-0.4, -0.2) is 74.7 Å². The van der Waals surface area contributed by atoms with E-state index in [1.54, 1.807) is 35.2 Å². The van der Waals surface area contributed by atoms with Crippen LogP contribution in [0, 0.1) is 23.6 Å². The van der Waals surface area contributed by atoms with Crippen molar-refractivity contribution in [2.24, 2.45) is 5.92 Å². The summed E-state index contributed by atoms with van der Waals surface area (Å²) in [6, 6.07) is 17.9. The molecule has 1 heterocycles. The normalized spacial score (nSPS) is 16.1. The number of aryl methyl sites for hydroxylation is 1. The maximum Gasteiger partial charge on any atom is 0.304 e. The van der Waals surface area contributed by atoms with E-state index in [0.29, 0.717) is 60.5 Å². The minimum absolute atomic E-state index is 0.156. The lowest BCUT2D eigenvalue weighted by Crippen LogP contribution is -2.55. The number of sulfonamides is 1. The van der Waals surface area contributed by atoms with Gasteiger partial charge in [0.25, 0.3) is 0 Å². The average Bonchev–Trinajstić information content (AvgIpc) is 3.14. The van der Waals surface area contributed by atoms with Gasteiger partial charge in [-0.05, 0) is 85.5 Å². The predicted molar refractivity (Wildman–Crippen MR) is 204 cm³/mol. The molecule has 0 bridgehead atoms. The SMILES string of the molecule is CCCCOc1cc(C#CC(CO)(CO)OC(C)=O)ccc1[C@@H]1C(CC[C@H](OC(C)=O)c2ccc(F)cc2)C(=O)N1c1ccc(CCCNS(C)(=O)=O)cc1. The number of carbonyl (C=O) groups is 3. The number of amides is 1. The summed E-state index contributed by atoms with van der Waals surface area (Å²) < 4.78 is 56.2. The fourth-order valence-electron chi connectivity index (χ4n) is 6.34. The Morgan fingerprint density at radius 1 is 1.00 bits per heavy atom. The van der Waals surface area contributed by atoms with Gasteiger partial charge in [-0.15, -0.1) is 0 Å². The van der Waals surface area contributed by atoms with Crippen LogP contribution < -0.4 is 14.4 Å². The highest BCUT2D eigenvalue weighted by Gasteiger charge is 2.49. The number of aliphatic hydroxyl groups excluding tert-OH is 2. The molecule has 4 rings (SSSR count). The van der Waals surface area contributed by atoms with Crippen LogP contribution in [0.3, 0.4) is 0 Å². The molecule has 296 valence electrons. The number of nitrogens with zero attached hydrogens (tertiary/aromatic N) is 1. The number of halogens is 1. The Bertz CT molecular complexity index is 1960. The van der Waals surface area contributed by atoms with E-state index in [2.05, 4.69) is 16.6 Å². The summed E-state index contributed by atoms with van der Waals surface area (Å²) in [7, 11) is -3.29. The van der Waals surface area contributed by atoms with Crippen LogP contribution in [0.5, 0.6) is 5.75 Å². The van der Waals surface area contributed by atoms with Crippen LogP contribution in [0.1, 0.15) is 87.3 Å². The summed E-state index contributed by atoms with van der Waals surface area (Å²) >= 11 is 0. The molecule has 1 fully saturated rings. The van der Waals surface area contributed by atoms with Gasteiger partial charge in [0.05, 0.1) is 38.0 Å². The molecule has 1 saturated heterocycles. The largest absolute Gasteiger partial charge is 0.493 e. The van der Waals surface area contributed by atoms with Gasteiger partial charge in [0, 0.05) is 37.2 Å². The summed E-state index contributed by atoms with van der Waals surface area (Å²) in [6.45, 7) is 3.70. The summed E-state index contributed by atoms with van der Waals surface area (Å²) in [5, 5.41) is 19.8. The lowest BCUT2D eigenvalue weighted by Gasteiger charge is -2.48. The quantitative estimate of drug-likeness (QED) is 0.0658. The molecule has 3 aromatic carbocycles. The second-order valence-corrected chi connectivity index (χ2v) is 15.4. The van der Waals surface area contributed by atoms with Crippen molar-refractivity contribution in [2.45, 2.75) is 77.0 Å². The highest BCUT2D eigenvalue weighted by Crippen LogP contribution is 2.49. The van der Waals surface area contributed by atoms with Crippen LogP contribution in [0.25, 0.3) is 0 Å². The smallest absolute Gasteiger partial charge is 0.304 e. The van der Waals surface area contributed by atoms with Crippen molar-refractivity contribution >= 4 is 33.6 Å². The van der Waals surface area contributed by atoms with Crippen LogP contribution >= 0.6 is 0 Å². The number of anilines is 1. The molecule has 1 aliphatic heterocycles. The van der Waals surface area contributed by atoms with Gasteiger partial charge >= 0.3 is 11.9 Å². The maximum absolute atomic E-state index is 14.1. The van der Waals surface area contributed by atoms with E-state index in [4.69, 9.17) is 14.2 Å². The molecule has 14 heteroatoms. The zero-order valence-electron chi connectivity index (χ0n) is 31.5. The molecule has 0 spiro atoms. The van der Waals surface area contributed by atoms with Crippen molar-refractivity contribution in [3.63, 3.8) is 0 Å². The number of unbranched alkanes of at least 4 members (excludes halogenated alkanes) is 1. The molecule has 1 unspecified atom stereocenters. The molecular formula is C41H49FN2O10S. The average molecular weight is 781 g/mol. The van der Waals surface area contributed by atoms with Gasteiger partial charge in [-0.2, -0.15) is 0 Å². The monoisotopic (exact) mass is 780 g/mol. The van der Waals surface area contributed by atoms with Crippen molar-refractivity contribution < 1.29 is 51.6 Å². The summed E-state index contributed by atoms with van der Waals surface area (Å²) in [5.41, 5.74) is 1.54. The van der Waals surface area contributed by atoms with Gasteiger partial charge in [-0.3, -0.25) is 14.4 Å². The first kappa shape index (κ1) is 42.9. The number of nitrogens with one attached hydrogen (secondary N) is 1. The first-order valence-electron chi connectivity index (χ1n) is 18.2. The number of hydrogen-bond donors (Lipinski definition) is 3. The first-order valence-corrected chi connectivity index (χ1v) is 20.1. The third-order valence-electron chi connectivity index (χ3n) is 9.10. The highest BCUT2D eigenvalue weighted by atomic mass is 32.2. The summed E-state index contributed by atoms with van der Waals surface area (Å²) in [6.07, 6.45) is 3.81. The van der Waals surface area contributed by atoms with Crippen molar-refractivity contribution in [3.05, 3.63) is 94.8 Å². The second-order valence-electron chi connectivity index (χ2n) is 13.5. The Balaban J connectivity index is 1.72. The van der Waals surface area contributed by atoms with Crippen molar-refractivity contribution in [3.8, 4) is 17.6 Å². The molecule has 0 aliphatic carbocycles. The van der Waals surface area contributed by atoms with Crippen molar-refractivity contribution in [1.82, 2.24) is 4.72 Å². The standard InChI is InChI=1S/C41H49FN2O10S/c1-5-6-24-52-38-25-31(21-22-41(26-45,27-46)54-29(3)48)11-18-35(38)39-36(19-20-37(53-28(2)47)32-12-14-33(42)15-13-32)40(49)44(39)34-16-9-30(10-17-34)8-7-23-43-55(4,50)51/h9-18,25,36-37,39,43,45-46H,5-8,19-20,23-24,26-27H2,1-4H3/t36?,37-,39+/m0/s1. The number of aliphatic hydroxyl groups is 2. The van der Waals surface area contributed by atoms with Gasteiger partial charge < -0.3 is 29.3 Å².